The molecule has 4 nitrogen and oxygen atoms in total. The molecule has 21 heavy (non-hydrogen) atoms. The molecule has 0 saturated heterocycles. The van der Waals surface area contributed by atoms with Gasteiger partial charge in [0.15, 0.2) is 0 Å². The maximum atomic E-state index is 12.4. The van der Waals surface area contributed by atoms with E-state index in [-0.39, 0.29) is 11.6 Å². The van der Waals surface area contributed by atoms with Gasteiger partial charge in [0.2, 0.25) is 0 Å². The zero-order valence-electron chi connectivity index (χ0n) is 12.6. The van der Waals surface area contributed by atoms with Crippen LogP contribution in [0.1, 0.15) is 49.5 Å². The summed E-state index contributed by atoms with van der Waals surface area (Å²) in [7, 11) is 0. The molecule has 0 unspecified atom stereocenters. The molecule has 0 spiro atoms. The van der Waals surface area contributed by atoms with Crippen LogP contribution in [0, 0.1) is 0 Å². The Morgan fingerprint density at radius 1 is 1.29 bits per heavy atom. The number of anilines is 1. The summed E-state index contributed by atoms with van der Waals surface area (Å²) in [5, 5.41) is 6.12. The zero-order valence-corrected chi connectivity index (χ0v) is 12.6. The second kappa shape index (κ2) is 4.72. The second-order valence-electron chi connectivity index (χ2n) is 6.48. The van der Waals surface area contributed by atoms with Gasteiger partial charge in [0.1, 0.15) is 0 Å². The molecule has 1 saturated carbocycles. The lowest BCUT2D eigenvalue weighted by atomic mass is 9.88. The van der Waals surface area contributed by atoms with Gasteiger partial charge in [-0.1, -0.05) is 18.2 Å². The predicted molar refractivity (Wildman–Crippen MR) is 83.3 cm³/mol. The lowest BCUT2D eigenvalue weighted by Gasteiger charge is -2.32. The van der Waals surface area contributed by atoms with Gasteiger partial charge in [0.25, 0.3) is 11.7 Å². The molecule has 110 valence electrons. The van der Waals surface area contributed by atoms with Gasteiger partial charge >= 0.3 is 0 Å². The molecule has 0 radical (unpaired) electrons. The van der Waals surface area contributed by atoms with E-state index in [0.29, 0.717) is 5.56 Å². The van der Waals surface area contributed by atoms with Crippen LogP contribution in [-0.4, -0.2) is 23.3 Å². The molecule has 4 heteroatoms. The molecule has 0 bridgehead atoms. The molecule has 1 aliphatic carbocycles. The minimum absolute atomic E-state index is 0.187. The van der Waals surface area contributed by atoms with Crippen LogP contribution in [0.2, 0.25) is 0 Å². The van der Waals surface area contributed by atoms with Gasteiger partial charge in [-0.15, -0.1) is 0 Å². The lowest BCUT2D eigenvalue weighted by Crippen LogP contribution is -2.36. The van der Waals surface area contributed by atoms with Crippen molar-refractivity contribution >= 4 is 23.0 Å². The van der Waals surface area contributed by atoms with E-state index in [1.54, 1.807) is 6.07 Å². The van der Waals surface area contributed by atoms with Gasteiger partial charge in [-0.05, 0) is 45.3 Å². The van der Waals surface area contributed by atoms with Crippen molar-refractivity contribution in [3.63, 3.8) is 0 Å². The molecule has 1 fully saturated rings. The fourth-order valence-electron chi connectivity index (χ4n) is 2.78. The summed E-state index contributed by atoms with van der Waals surface area (Å²) in [6.45, 7) is 6.12. The highest BCUT2D eigenvalue weighted by molar-refractivity contribution is 6.44. The molecule has 1 heterocycles. The summed E-state index contributed by atoms with van der Waals surface area (Å²) in [4.78, 5) is 24.4. The molecule has 1 aromatic carbocycles. The van der Waals surface area contributed by atoms with E-state index < -0.39 is 11.7 Å². The molecular formula is C17H20N2O2. The number of hydrogen-bond acceptors (Lipinski definition) is 3. The summed E-state index contributed by atoms with van der Waals surface area (Å²) in [6.07, 6.45) is 4.08. The minimum Gasteiger partial charge on any atom is -0.376 e. The van der Waals surface area contributed by atoms with Gasteiger partial charge in [-0.25, -0.2) is 0 Å². The van der Waals surface area contributed by atoms with Crippen molar-refractivity contribution in [2.75, 3.05) is 5.32 Å². The third-order valence-corrected chi connectivity index (χ3v) is 3.88. The summed E-state index contributed by atoms with van der Waals surface area (Å²) in [5.41, 5.74) is 3.08. The monoisotopic (exact) mass is 284 g/mol. The first kappa shape index (κ1) is 13.9. The highest BCUT2D eigenvalue weighted by Crippen LogP contribution is 2.36. The number of Topliss-reactive ketones (excluding diaryl/α,β-unsaturated/α-hetero) is 1. The Balaban J connectivity index is 1.97. The largest absolute Gasteiger partial charge is 0.376 e. The minimum atomic E-state index is -0.502. The highest BCUT2D eigenvalue weighted by atomic mass is 16.2. The van der Waals surface area contributed by atoms with Gasteiger partial charge in [-0.3, -0.25) is 9.59 Å². The Kier molecular flexibility index (Phi) is 3.12. The number of para-hydroxylation sites is 1. The fourth-order valence-corrected chi connectivity index (χ4v) is 2.78. The van der Waals surface area contributed by atoms with E-state index in [9.17, 15) is 9.59 Å². The molecule has 1 aliphatic heterocycles. The average Bonchev–Trinajstić information content (AvgIpc) is 3.20. The molecule has 2 aliphatic rings. The Bertz CT molecular complexity index is 655. The van der Waals surface area contributed by atoms with Crippen LogP contribution in [0.5, 0.6) is 0 Å². The maximum absolute atomic E-state index is 12.4. The van der Waals surface area contributed by atoms with E-state index >= 15 is 0 Å². The maximum Gasteiger partial charge on any atom is 0.292 e. The first-order chi connectivity index (χ1) is 9.87. The third-order valence-electron chi connectivity index (χ3n) is 3.88. The third kappa shape index (κ3) is 2.71. The van der Waals surface area contributed by atoms with Gasteiger partial charge in [0, 0.05) is 11.6 Å². The summed E-state index contributed by atoms with van der Waals surface area (Å²) >= 11 is 0. The van der Waals surface area contributed by atoms with E-state index in [1.165, 1.54) is 0 Å². The number of hydrogen-bond donors (Lipinski definition) is 2. The molecule has 3 rings (SSSR count). The van der Waals surface area contributed by atoms with Crippen molar-refractivity contribution in [3.05, 3.63) is 35.4 Å². The Labute approximate surface area is 124 Å². The van der Waals surface area contributed by atoms with Crippen LogP contribution in [0.15, 0.2) is 24.3 Å². The van der Waals surface area contributed by atoms with E-state index in [0.717, 1.165) is 29.7 Å². The molecule has 1 aromatic rings. The van der Waals surface area contributed by atoms with Crippen molar-refractivity contribution in [1.82, 2.24) is 5.32 Å². The number of carbonyl (C=O) groups excluding carboxylic acids is 2. The number of ketones is 1. The van der Waals surface area contributed by atoms with Crippen LogP contribution in [0.25, 0.3) is 5.57 Å². The Morgan fingerprint density at radius 2 is 2.00 bits per heavy atom. The highest BCUT2D eigenvalue weighted by Gasteiger charge is 2.31. The van der Waals surface area contributed by atoms with Gasteiger partial charge in [0.05, 0.1) is 16.8 Å². The van der Waals surface area contributed by atoms with Crippen molar-refractivity contribution in [2.24, 2.45) is 0 Å². The molecule has 2 N–H and O–H groups in total. The molecule has 0 aromatic heterocycles. The summed E-state index contributed by atoms with van der Waals surface area (Å²) < 4.78 is 0. The molecule has 0 atom stereocenters. The van der Waals surface area contributed by atoms with Crippen LogP contribution in [-0.2, 0) is 4.79 Å². The predicted octanol–water partition coefficient (Wildman–Crippen LogP) is 2.76. The second-order valence-corrected chi connectivity index (χ2v) is 6.48. The normalized spacial score (nSPS) is 19.1. The molecular weight excluding hydrogens is 264 g/mol. The van der Waals surface area contributed by atoms with Crippen molar-refractivity contribution in [3.8, 4) is 0 Å². The average molecular weight is 284 g/mol. The van der Waals surface area contributed by atoms with Crippen molar-refractivity contribution in [1.29, 1.82) is 0 Å². The Hall–Kier alpha value is -2.10. The van der Waals surface area contributed by atoms with E-state index in [4.69, 9.17) is 0 Å². The number of fused-ring (bicyclic) bond motifs is 1. The first-order valence-electron chi connectivity index (χ1n) is 7.33. The van der Waals surface area contributed by atoms with Crippen LogP contribution in [0.3, 0.4) is 0 Å². The summed E-state index contributed by atoms with van der Waals surface area (Å²) in [5.74, 6) is -0.963. The Morgan fingerprint density at radius 3 is 2.67 bits per heavy atom. The number of benzene rings is 1. The number of nitrogens with one attached hydrogen (secondary N) is 2. The quantitative estimate of drug-likeness (QED) is 0.663. The van der Waals surface area contributed by atoms with Gasteiger partial charge < -0.3 is 10.6 Å². The topological polar surface area (TPSA) is 58.2 Å². The van der Waals surface area contributed by atoms with Gasteiger partial charge in [-0.2, -0.15) is 0 Å². The van der Waals surface area contributed by atoms with E-state index in [2.05, 4.69) is 16.7 Å². The standard InChI is InChI=1S/C17H20N2O2/c1-10-9-17(2,3)19-14-12(10)5-4-6-13(14)15(20)16(21)18-11-7-8-11/h4-6,9,11,19H,7-8H2,1-3H3,(H,18,21). The van der Waals surface area contributed by atoms with Crippen molar-refractivity contribution in [2.45, 2.75) is 45.2 Å². The van der Waals surface area contributed by atoms with Crippen LogP contribution >= 0.6 is 0 Å². The summed E-state index contributed by atoms with van der Waals surface area (Å²) in [6, 6.07) is 5.70. The molecule has 1 amide bonds. The first-order valence-corrected chi connectivity index (χ1v) is 7.33. The lowest BCUT2D eigenvalue weighted by molar-refractivity contribution is -0.117. The number of allylic oxidation sites excluding steroid dienone is 1. The zero-order chi connectivity index (χ0) is 15.2. The SMILES string of the molecule is CC1=CC(C)(C)Nc2c(C(=O)C(=O)NC3CC3)cccc21. The van der Waals surface area contributed by atoms with E-state index in [1.807, 2.05) is 32.9 Å². The number of carbonyl (C=O) groups is 2. The number of amides is 1. The fraction of sp³-hybridized carbons (Fsp3) is 0.412. The smallest absolute Gasteiger partial charge is 0.292 e. The van der Waals surface area contributed by atoms with Crippen LogP contribution < -0.4 is 10.6 Å². The van der Waals surface area contributed by atoms with Crippen LogP contribution in [0.4, 0.5) is 5.69 Å². The number of rotatable bonds is 3. The van der Waals surface area contributed by atoms with Crippen molar-refractivity contribution < 1.29 is 9.59 Å².